The first-order valence-electron chi connectivity index (χ1n) is 12.9. The number of para-hydroxylation sites is 1. The number of aromatic nitrogens is 4. The quantitative estimate of drug-likeness (QED) is 0.233. The second-order valence-electron chi connectivity index (χ2n) is 9.58. The Kier molecular flexibility index (Phi) is 4.96. The highest BCUT2D eigenvalue weighted by Gasteiger charge is 2.18. The molecule has 0 saturated carbocycles. The lowest BCUT2D eigenvalue weighted by Crippen LogP contribution is -2.01. The van der Waals surface area contributed by atoms with Crippen LogP contribution in [0, 0.1) is 0 Å². The van der Waals surface area contributed by atoms with Crippen LogP contribution in [0.5, 0.6) is 0 Å². The topological polar surface area (TPSA) is 35.6 Å². The highest BCUT2D eigenvalue weighted by molar-refractivity contribution is 7.18. The smallest absolute Gasteiger partial charge is 0.168 e. The van der Waals surface area contributed by atoms with Crippen molar-refractivity contribution in [1.82, 2.24) is 19.3 Å². The van der Waals surface area contributed by atoms with Crippen LogP contribution < -0.4 is 0 Å². The maximum absolute atomic E-state index is 4.63. The third-order valence-corrected chi connectivity index (χ3v) is 8.30. The Morgan fingerprint density at radius 2 is 1.08 bits per heavy atom. The van der Waals surface area contributed by atoms with E-state index in [1.54, 1.807) is 0 Å². The number of fused-ring (bicyclic) bond motifs is 5. The van der Waals surface area contributed by atoms with Crippen molar-refractivity contribution in [2.24, 2.45) is 0 Å². The van der Waals surface area contributed by atoms with Crippen molar-refractivity contribution in [1.29, 1.82) is 0 Å². The zero-order chi connectivity index (χ0) is 25.8. The molecule has 0 amide bonds. The van der Waals surface area contributed by atoms with Crippen LogP contribution in [0.1, 0.15) is 0 Å². The Balaban J connectivity index is 1.33. The number of rotatable bonds is 4. The molecule has 0 aliphatic carbocycles. The lowest BCUT2D eigenvalue weighted by atomic mass is 10.1. The fourth-order valence-corrected chi connectivity index (χ4v) is 6.54. The number of benzene rings is 5. The Bertz CT molecular complexity index is 2040. The minimum Gasteiger partial charge on any atom is -0.309 e. The van der Waals surface area contributed by atoms with Gasteiger partial charge in [0.1, 0.15) is 0 Å². The Hall–Kier alpha value is -5.00. The van der Waals surface area contributed by atoms with Crippen molar-refractivity contribution in [3.8, 4) is 34.2 Å². The molecule has 0 spiro atoms. The molecule has 0 bridgehead atoms. The van der Waals surface area contributed by atoms with Gasteiger partial charge in [-0.2, -0.15) is 0 Å². The van der Waals surface area contributed by atoms with E-state index < -0.39 is 0 Å². The van der Waals surface area contributed by atoms with Crippen LogP contribution in [0.3, 0.4) is 0 Å². The fraction of sp³-hybridized carbons (Fsp3) is 0. The van der Waals surface area contributed by atoms with Gasteiger partial charge >= 0.3 is 0 Å². The summed E-state index contributed by atoms with van der Waals surface area (Å²) in [5.41, 5.74) is 6.62. The Labute approximate surface area is 229 Å². The van der Waals surface area contributed by atoms with Gasteiger partial charge in [-0.15, -0.1) is 21.5 Å². The van der Waals surface area contributed by atoms with E-state index in [2.05, 4.69) is 116 Å². The second-order valence-corrected chi connectivity index (χ2v) is 10.5. The third kappa shape index (κ3) is 3.44. The Morgan fingerprint density at radius 1 is 0.487 bits per heavy atom. The molecule has 0 saturated heterocycles. The minimum absolute atomic E-state index is 0.819. The fourth-order valence-electron chi connectivity index (χ4n) is 5.58. The van der Waals surface area contributed by atoms with Crippen LogP contribution >= 0.6 is 11.3 Å². The van der Waals surface area contributed by atoms with Crippen molar-refractivity contribution < 1.29 is 0 Å². The molecule has 0 N–H and O–H groups in total. The normalized spacial score (nSPS) is 11.6. The highest BCUT2D eigenvalue weighted by Crippen LogP contribution is 2.39. The van der Waals surface area contributed by atoms with E-state index in [0.29, 0.717) is 0 Å². The predicted molar refractivity (Wildman–Crippen MR) is 162 cm³/mol. The van der Waals surface area contributed by atoms with Crippen molar-refractivity contribution in [3.63, 3.8) is 0 Å². The molecule has 5 heteroatoms. The molecule has 0 radical (unpaired) electrons. The minimum atomic E-state index is 0.819. The maximum atomic E-state index is 4.63. The second kappa shape index (κ2) is 8.79. The molecular formula is C34H22N4S. The van der Waals surface area contributed by atoms with Gasteiger partial charge < -0.3 is 4.57 Å². The summed E-state index contributed by atoms with van der Waals surface area (Å²) in [6, 6.07) is 44.6. The summed E-state index contributed by atoms with van der Waals surface area (Å²) in [5, 5.41) is 15.3. The molecule has 0 aliphatic heterocycles. The molecule has 4 nitrogen and oxygen atoms in total. The van der Waals surface area contributed by atoms with Crippen LogP contribution in [0.2, 0.25) is 0 Å². The number of hydrogen-bond donors (Lipinski definition) is 0. The molecule has 0 atom stereocenters. The summed E-state index contributed by atoms with van der Waals surface area (Å²) in [4.78, 5) is 0. The molecule has 0 aliphatic rings. The van der Waals surface area contributed by atoms with E-state index >= 15 is 0 Å². The summed E-state index contributed by atoms with van der Waals surface area (Å²) >= 11 is 1.81. The first kappa shape index (κ1) is 22.0. The van der Waals surface area contributed by atoms with E-state index in [-0.39, 0.29) is 0 Å². The van der Waals surface area contributed by atoms with Crippen LogP contribution in [-0.2, 0) is 0 Å². The van der Waals surface area contributed by atoms with Gasteiger partial charge in [-0.1, -0.05) is 84.9 Å². The van der Waals surface area contributed by atoms with Gasteiger partial charge in [-0.05, 0) is 53.2 Å². The van der Waals surface area contributed by atoms with Crippen molar-refractivity contribution in [2.75, 3.05) is 0 Å². The van der Waals surface area contributed by atoms with Crippen molar-refractivity contribution in [3.05, 3.63) is 133 Å². The van der Waals surface area contributed by atoms with Crippen LogP contribution in [0.15, 0.2) is 133 Å². The van der Waals surface area contributed by atoms with Gasteiger partial charge in [0.05, 0.1) is 11.0 Å². The first-order chi connectivity index (χ1) is 19.4. The van der Waals surface area contributed by atoms with Gasteiger partial charge in [0.2, 0.25) is 0 Å². The standard InChI is InChI=1S/C34H22N4S/c1-3-9-24(10-4-1)33-35-36-34(25-11-5-2-6-12-25)38(33)27-18-16-26(17-19-27)37-29-14-8-7-13-28(29)31-30(37)20-15-23-21-22-39-32(23)31/h1-22H. The molecule has 0 unspecified atom stereocenters. The molecular weight excluding hydrogens is 496 g/mol. The van der Waals surface area contributed by atoms with Crippen LogP contribution in [0.4, 0.5) is 0 Å². The lowest BCUT2D eigenvalue weighted by Gasteiger charge is -2.13. The maximum Gasteiger partial charge on any atom is 0.168 e. The summed E-state index contributed by atoms with van der Waals surface area (Å²) in [7, 11) is 0. The molecule has 39 heavy (non-hydrogen) atoms. The van der Waals surface area contributed by atoms with E-state index in [4.69, 9.17) is 0 Å². The predicted octanol–water partition coefficient (Wildman–Crippen LogP) is 8.91. The van der Waals surface area contributed by atoms with Gasteiger partial charge in [-0.25, -0.2) is 0 Å². The van der Waals surface area contributed by atoms with Crippen molar-refractivity contribution in [2.45, 2.75) is 0 Å². The molecule has 0 fully saturated rings. The summed E-state index contributed by atoms with van der Waals surface area (Å²) in [5.74, 6) is 1.64. The zero-order valence-electron chi connectivity index (χ0n) is 20.9. The van der Waals surface area contributed by atoms with Gasteiger partial charge in [0.25, 0.3) is 0 Å². The van der Waals surface area contributed by atoms with Crippen LogP contribution in [0.25, 0.3) is 66.0 Å². The average molecular weight is 519 g/mol. The Morgan fingerprint density at radius 3 is 1.74 bits per heavy atom. The molecule has 184 valence electrons. The van der Waals surface area contributed by atoms with E-state index in [9.17, 15) is 0 Å². The van der Waals surface area contributed by atoms with E-state index in [0.717, 1.165) is 34.2 Å². The summed E-state index contributed by atoms with van der Waals surface area (Å²) in [6.07, 6.45) is 0. The van der Waals surface area contributed by atoms with Gasteiger partial charge in [-0.3, -0.25) is 4.57 Å². The van der Waals surface area contributed by atoms with E-state index in [1.165, 1.54) is 31.9 Å². The monoisotopic (exact) mass is 518 g/mol. The van der Waals surface area contributed by atoms with Crippen molar-refractivity contribution >= 4 is 43.2 Å². The lowest BCUT2D eigenvalue weighted by molar-refractivity contribution is 1.07. The van der Waals surface area contributed by atoms with Gasteiger partial charge in [0, 0.05) is 38.0 Å². The molecule has 5 aromatic carbocycles. The number of hydrogen-bond acceptors (Lipinski definition) is 3. The van der Waals surface area contributed by atoms with Crippen LogP contribution in [-0.4, -0.2) is 19.3 Å². The van der Waals surface area contributed by atoms with E-state index in [1.807, 2.05) is 47.7 Å². The highest BCUT2D eigenvalue weighted by atomic mass is 32.1. The first-order valence-corrected chi connectivity index (χ1v) is 13.8. The summed E-state index contributed by atoms with van der Waals surface area (Å²) in [6.45, 7) is 0. The SMILES string of the molecule is c1ccc(-c2nnc(-c3ccccc3)n2-c2ccc(-n3c4ccccc4c4c5sccc5ccc43)cc2)cc1. The average Bonchev–Trinajstić information content (AvgIpc) is 3.74. The molecule has 3 aromatic heterocycles. The molecule has 8 aromatic rings. The van der Waals surface area contributed by atoms with Gasteiger partial charge in [0.15, 0.2) is 11.6 Å². The molecule has 3 heterocycles. The largest absolute Gasteiger partial charge is 0.309 e. The summed E-state index contributed by atoms with van der Waals surface area (Å²) < 4.78 is 5.86. The molecule has 8 rings (SSSR count). The number of thiophene rings is 1. The zero-order valence-corrected chi connectivity index (χ0v) is 21.7. The third-order valence-electron chi connectivity index (χ3n) is 7.35. The number of nitrogens with zero attached hydrogens (tertiary/aromatic N) is 4.